The topological polar surface area (TPSA) is 60.0 Å². The maximum atomic E-state index is 12.5. The number of benzene rings is 1. The van der Waals surface area contributed by atoms with Gasteiger partial charge in [-0.15, -0.1) is 0 Å². The summed E-state index contributed by atoms with van der Waals surface area (Å²) < 4.78 is 17.0. The van der Waals surface area contributed by atoms with Gasteiger partial charge < -0.3 is 19.5 Å². The summed E-state index contributed by atoms with van der Waals surface area (Å²) in [6.07, 6.45) is 3.05. The van der Waals surface area contributed by atoms with Crippen molar-refractivity contribution in [3.05, 3.63) is 23.8 Å². The van der Waals surface area contributed by atoms with E-state index in [4.69, 9.17) is 14.2 Å². The quantitative estimate of drug-likeness (QED) is 0.884. The van der Waals surface area contributed by atoms with Crippen molar-refractivity contribution in [1.29, 1.82) is 0 Å². The van der Waals surface area contributed by atoms with Crippen LogP contribution in [0.15, 0.2) is 18.2 Å². The van der Waals surface area contributed by atoms with Gasteiger partial charge in [0.25, 0.3) is 0 Å². The molecule has 1 spiro atoms. The van der Waals surface area contributed by atoms with Crippen LogP contribution in [0.2, 0.25) is 0 Å². The number of ether oxygens (including phenoxy) is 3. The number of hydrogen-bond donors (Lipinski definition) is 1. The van der Waals surface area contributed by atoms with Crippen molar-refractivity contribution in [2.24, 2.45) is 0 Å². The summed E-state index contributed by atoms with van der Waals surface area (Å²) in [5.41, 5.74) is 1.54. The molecule has 2 aliphatic heterocycles. The molecular weight excluding hydrogens is 320 g/mol. The Hall–Kier alpha value is -1.63. The predicted molar refractivity (Wildman–Crippen MR) is 96.1 cm³/mol. The number of anilines is 1. The van der Waals surface area contributed by atoms with Crippen LogP contribution in [0.25, 0.3) is 0 Å². The molecule has 0 saturated carbocycles. The van der Waals surface area contributed by atoms with Gasteiger partial charge in [-0.3, -0.25) is 9.69 Å². The fraction of sp³-hybridized carbons (Fsp3) is 0.632. The summed E-state index contributed by atoms with van der Waals surface area (Å²) in [7, 11) is 3.36. The number of methoxy groups -OCH3 is 2. The molecule has 0 radical (unpaired) electrons. The summed E-state index contributed by atoms with van der Waals surface area (Å²) >= 11 is 0. The normalized spacial score (nSPS) is 26.8. The second-order valence-electron chi connectivity index (χ2n) is 6.99. The minimum Gasteiger partial charge on any atom is -0.495 e. The van der Waals surface area contributed by atoms with Crippen molar-refractivity contribution in [3.63, 3.8) is 0 Å². The van der Waals surface area contributed by atoms with Gasteiger partial charge in [-0.2, -0.15) is 0 Å². The van der Waals surface area contributed by atoms with Gasteiger partial charge in [-0.1, -0.05) is 6.07 Å². The molecule has 0 bridgehead atoms. The highest BCUT2D eigenvalue weighted by Gasteiger charge is 2.47. The maximum Gasteiger partial charge on any atom is 0.238 e. The molecule has 2 atom stereocenters. The Balaban J connectivity index is 1.63. The van der Waals surface area contributed by atoms with Crippen LogP contribution in [0.1, 0.15) is 24.8 Å². The number of piperidine rings is 1. The number of amides is 1. The van der Waals surface area contributed by atoms with Gasteiger partial charge in [0.05, 0.1) is 25.4 Å². The van der Waals surface area contributed by atoms with E-state index in [0.29, 0.717) is 18.0 Å². The lowest BCUT2D eigenvalue weighted by Gasteiger charge is -2.44. The highest BCUT2D eigenvalue weighted by Crippen LogP contribution is 2.36. The third-order valence-electron chi connectivity index (χ3n) is 5.20. The van der Waals surface area contributed by atoms with Crippen LogP contribution < -0.4 is 10.1 Å². The third kappa shape index (κ3) is 3.97. The van der Waals surface area contributed by atoms with Crippen molar-refractivity contribution in [2.45, 2.75) is 37.9 Å². The van der Waals surface area contributed by atoms with Gasteiger partial charge in [0.15, 0.2) is 0 Å². The van der Waals surface area contributed by atoms with Gasteiger partial charge in [0.2, 0.25) is 5.91 Å². The number of likely N-dealkylation sites (tertiary alicyclic amines) is 1. The van der Waals surface area contributed by atoms with Crippen LogP contribution in [0, 0.1) is 6.92 Å². The molecule has 2 fully saturated rings. The average Bonchev–Trinajstić information content (AvgIpc) is 3.04. The molecule has 6 nitrogen and oxygen atoms in total. The smallest absolute Gasteiger partial charge is 0.238 e. The Morgan fingerprint density at radius 3 is 2.96 bits per heavy atom. The molecule has 1 amide bonds. The largest absolute Gasteiger partial charge is 0.495 e. The molecule has 0 aliphatic carbocycles. The zero-order chi connectivity index (χ0) is 17.9. The minimum atomic E-state index is -0.256. The summed E-state index contributed by atoms with van der Waals surface area (Å²) in [6, 6.07) is 5.76. The molecule has 0 unspecified atom stereocenters. The van der Waals surface area contributed by atoms with Crippen molar-refractivity contribution in [1.82, 2.24) is 4.90 Å². The number of aryl methyl sites for hydroxylation is 1. The second kappa shape index (κ2) is 7.72. The van der Waals surface area contributed by atoms with E-state index in [0.717, 1.165) is 44.5 Å². The first-order valence-corrected chi connectivity index (χ1v) is 8.90. The van der Waals surface area contributed by atoms with Crippen molar-refractivity contribution in [2.75, 3.05) is 45.8 Å². The molecule has 6 heteroatoms. The van der Waals surface area contributed by atoms with Crippen LogP contribution in [0.4, 0.5) is 5.69 Å². The van der Waals surface area contributed by atoms with E-state index in [2.05, 4.69) is 10.2 Å². The first-order valence-electron chi connectivity index (χ1n) is 8.90. The van der Waals surface area contributed by atoms with Gasteiger partial charge in [-0.05, 0) is 43.9 Å². The first kappa shape index (κ1) is 18.2. The molecule has 0 aromatic heterocycles. The third-order valence-corrected chi connectivity index (χ3v) is 5.20. The number of nitrogens with one attached hydrogen (secondary N) is 1. The molecular formula is C19H28N2O4. The summed E-state index contributed by atoms with van der Waals surface area (Å²) in [4.78, 5) is 14.7. The Bertz CT molecular complexity index is 613. The number of rotatable bonds is 5. The number of carbonyl (C=O) groups is 1. The molecule has 2 aliphatic rings. The maximum absolute atomic E-state index is 12.5. The molecule has 2 saturated heterocycles. The van der Waals surface area contributed by atoms with Crippen LogP contribution in [-0.4, -0.2) is 63.0 Å². The van der Waals surface area contributed by atoms with E-state index in [9.17, 15) is 4.79 Å². The molecule has 138 valence electrons. The lowest BCUT2D eigenvalue weighted by Crippen LogP contribution is -2.58. The minimum absolute atomic E-state index is 0.0343. The van der Waals surface area contributed by atoms with Gasteiger partial charge >= 0.3 is 0 Å². The summed E-state index contributed by atoms with van der Waals surface area (Å²) in [6.45, 7) is 4.69. The highest BCUT2D eigenvalue weighted by atomic mass is 16.6. The molecule has 3 rings (SSSR count). The molecule has 2 heterocycles. The molecule has 1 aromatic rings. The average molecular weight is 348 g/mol. The van der Waals surface area contributed by atoms with Crippen molar-refractivity contribution in [3.8, 4) is 5.75 Å². The van der Waals surface area contributed by atoms with Crippen LogP contribution in [0.5, 0.6) is 5.75 Å². The Morgan fingerprint density at radius 1 is 1.44 bits per heavy atom. The zero-order valence-corrected chi connectivity index (χ0v) is 15.3. The van der Waals surface area contributed by atoms with Crippen LogP contribution >= 0.6 is 0 Å². The number of carbonyl (C=O) groups excluding carboxylic acids is 1. The van der Waals surface area contributed by atoms with E-state index >= 15 is 0 Å². The van der Waals surface area contributed by atoms with Crippen molar-refractivity contribution >= 4 is 11.6 Å². The predicted octanol–water partition coefficient (Wildman–Crippen LogP) is 2.21. The van der Waals surface area contributed by atoms with Gasteiger partial charge in [-0.25, -0.2) is 0 Å². The van der Waals surface area contributed by atoms with E-state index in [1.54, 1.807) is 14.2 Å². The summed E-state index contributed by atoms with van der Waals surface area (Å²) in [5, 5.41) is 2.98. The van der Waals surface area contributed by atoms with E-state index in [1.807, 2.05) is 25.1 Å². The summed E-state index contributed by atoms with van der Waals surface area (Å²) in [5.74, 6) is 0.639. The standard InChI is InChI=1S/C19H28N2O4/c1-14-5-6-16(23-2)15(11-14)20-18(22)12-21-9-7-17(24-3)19(13-21)8-4-10-25-19/h5-6,11,17H,4,7-10,12-13H2,1-3H3,(H,20,22)/t17-,19-/m0/s1. The van der Waals surface area contributed by atoms with E-state index in [1.165, 1.54) is 0 Å². The Kier molecular flexibility index (Phi) is 5.61. The van der Waals surface area contributed by atoms with Crippen LogP contribution in [-0.2, 0) is 14.3 Å². The van der Waals surface area contributed by atoms with E-state index < -0.39 is 0 Å². The molecule has 1 N–H and O–H groups in total. The molecule has 25 heavy (non-hydrogen) atoms. The van der Waals surface area contributed by atoms with Gasteiger partial charge in [0, 0.05) is 26.8 Å². The number of hydrogen-bond acceptors (Lipinski definition) is 5. The lowest BCUT2D eigenvalue weighted by atomic mass is 9.87. The van der Waals surface area contributed by atoms with Crippen LogP contribution in [0.3, 0.4) is 0 Å². The number of nitrogens with zero attached hydrogens (tertiary/aromatic N) is 1. The van der Waals surface area contributed by atoms with Gasteiger partial charge in [0.1, 0.15) is 11.4 Å². The van der Waals surface area contributed by atoms with E-state index in [-0.39, 0.29) is 17.6 Å². The van der Waals surface area contributed by atoms with Crippen molar-refractivity contribution < 1.29 is 19.0 Å². The monoisotopic (exact) mass is 348 g/mol. The highest BCUT2D eigenvalue weighted by molar-refractivity contribution is 5.93. The second-order valence-corrected chi connectivity index (χ2v) is 6.99. The molecule has 1 aromatic carbocycles. The Labute approximate surface area is 149 Å². The zero-order valence-electron chi connectivity index (χ0n) is 15.3. The Morgan fingerprint density at radius 2 is 2.28 bits per heavy atom. The SMILES string of the molecule is COc1ccc(C)cc1NC(=O)CN1CC[C@H](OC)[C@]2(CCCO2)C1. The first-order chi connectivity index (χ1) is 12.1. The fourth-order valence-corrected chi connectivity index (χ4v) is 4.00. The fourth-order valence-electron chi connectivity index (χ4n) is 4.00. The lowest BCUT2D eigenvalue weighted by molar-refractivity contribution is -0.146.